The van der Waals surface area contributed by atoms with Gasteiger partial charge in [-0.25, -0.2) is 0 Å². The average Bonchev–Trinajstić information content (AvgIpc) is 2.74. The normalized spacial score (nSPS) is 11.0. The number of hydrogen-bond acceptors (Lipinski definition) is 4. The molecule has 0 saturated heterocycles. The Morgan fingerprint density at radius 2 is 1.67 bits per heavy atom. The number of pyridine rings is 2. The van der Waals surface area contributed by atoms with Crippen molar-refractivity contribution in [1.29, 1.82) is 0 Å². The van der Waals surface area contributed by atoms with Crippen LogP contribution in [0.15, 0.2) is 83.8 Å². The van der Waals surface area contributed by atoms with Crippen LogP contribution in [-0.4, -0.2) is 15.3 Å². The summed E-state index contributed by atoms with van der Waals surface area (Å²) in [6.45, 7) is 4.00. The van der Waals surface area contributed by atoms with E-state index in [2.05, 4.69) is 10.3 Å². The van der Waals surface area contributed by atoms with E-state index < -0.39 is 0 Å². The molecule has 0 aliphatic heterocycles. The average molecular weight is 397 g/mol. The molecule has 4 rings (SSSR count). The Labute approximate surface area is 175 Å². The van der Waals surface area contributed by atoms with E-state index in [1.165, 1.54) is 6.20 Å². The molecule has 150 valence electrons. The van der Waals surface area contributed by atoms with Crippen LogP contribution in [0.25, 0.3) is 16.6 Å². The molecular weight excluding hydrogens is 374 g/mol. The highest BCUT2D eigenvalue weighted by atomic mass is 16.1. The molecule has 0 aliphatic rings. The Hall–Kier alpha value is -3.73. The molecular formula is C25H23N3O2. The highest BCUT2D eigenvalue weighted by Crippen LogP contribution is 2.25. The Balaban J connectivity index is 1.96. The van der Waals surface area contributed by atoms with Crippen LogP contribution in [-0.2, 0) is 0 Å². The quantitative estimate of drug-likeness (QED) is 0.445. The Kier molecular flexibility index (Phi) is 5.44. The number of rotatable bonds is 6. The molecule has 5 heteroatoms. The predicted octanol–water partition coefficient (Wildman–Crippen LogP) is 5.36. The number of hydrogen-bond donors (Lipinski definition) is 1. The van der Waals surface area contributed by atoms with Crippen molar-refractivity contribution in [2.45, 2.75) is 20.3 Å². The van der Waals surface area contributed by atoms with Gasteiger partial charge in [-0.15, -0.1) is 0 Å². The summed E-state index contributed by atoms with van der Waals surface area (Å²) < 4.78 is 1.96. The third-order valence-corrected chi connectivity index (χ3v) is 4.84. The maximum Gasteiger partial charge on any atom is 0.193 e. The molecule has 0 aliphatic carbocycles. The van der Waals surface area contributed by atoms with E-state index in [9.17, 15) is 9.59 Å². The summed E-state index contributed by atoms with van der Waals surface area (Å²) in [4.78, 5) is 29.8. The van der Waals surface area contributed by atoms with Gasteiger partial charge in [0.1, 0.15) is 11.5 Å². The summed E-state index contributed by atoms with van der Waals surface area (Å²) in [6, 6.07) is 22.7. The van der Waals surface area contributed by atoms with E-state index in [-0.39, 0.29) is 17.1 Å². The molecule has 5 nitrogen and oxygen atoms in total. The van der Waals surface area contributed by atoms with Crippen molar-refractivity contribution in [2.24, 2.45) is 5.92 Å². The van der Waals surface area contributed by atoms with Crippen molar-refractivity contribution >= 4 is 28.2 Å². The van der Waals surface area contributed by atoms with Crippen LogP contribution in [0, 0.1) is 5.92 Å². The number of nitrogens with zero attached hydrogens (tertiary/aromatic N) is 2. The fourth-order valence-corrected chi connectivity index (χ4v) is 3.46. The van der Waals surface area contributed by atoms with Crippen molar-refractivity contribution in [2.75, 3.05) is 5.32 Å². The van der Waals surface area contributed by atoms with Gasteiger partial charge in [-0.1, -0.05) is 50.2 Å². The second kappa shape index (κ2) is 8.33. The number of anilines is 2. The summed E-state index contributed by atoms with van der Waals surface area (Å²) in [5.41, 5.74) is 2.62. The van der Waals surface area contributed by atoms with Crippen LogP contribution in [0.3, 0.4) is 0 Å². The van der Waals surface area contributed by atoms with Gasteiger partial charge in [0.25, 0.3) is 0 Å². The number of Topliss-reactive ketones (excluding diaryl/α,β-unsaturated/α-hetero) is 1. The minimum Gasteiger partial charge on any atom is -0.341 e. The molecule has 0 spiro atoms. The molecule has 0 amide bonds. The number of nitrogens with one attached hydrogen (secondary N) is 1. The largest absolute Gasteiger partial charge is 0.341 e. The van der Waals surface area contributed by atoms with Crippen molar-refractivity contribution < 1.29 is 4.79 Å². The van der Waals surface area contributed by atoms with Crippen LogP contribution in [0.2, 0.25) is 0 Å². The van der Waals surface area contributed by atoms with Crippen molar-refractivity contribution in [3.8, 4) is 5.69 Å². The first-order chi connectivity index (χ1) is 14.5. The third-order valence-electron chi connectivity index (χ3n) is 4.84. The van der Waals surface area contributed by atoms with Gasteiger partial charge in [-0.2, -0.15) is 0 Å². The lowest BCUT2D eigenvalue weighted by molar-refractivity contribution is 0.0963. The van der Waals surface area contributed by atoms with E-state index in [4.69, 9.17) is 0 Å². The van der Waals surface area contributed by atoms with Crippen LogP contribution in [0.4, 0.5) is 11.5 Å². The monoisotopic (exact) mass is 397 g/mol. The summed E-state index contributed by atoms with van der Waals surface area (Å²) in [6.07, 6.45) is 1.92. The molecule has 0 fully saturated rings. The molecule has 0 bridgehead atoms. The highest BCUT2D eigenvalue weighted by molar-refractivity contribution is 5.97. The van der Waals surface area contributed by atoms with Gasteiger partial charge in [-0.05, 0) is 36.2 Å². The van der Waals surface area contributed by atoms with E-state index in [1.54, 1.807) is 12.1 Å². The van der Waals surface area contributed by atoms with E-state index in [0.717, 1.165) is 11.4 Å². The zero-order chi connectivity index (χ0) is 21.1. The lowest BCUT2D eigenvalue weighted by atomic mass is 10.0. The SMILES string of the molecule is CC(C)CC(=O)c1cc2c(cn1)c(=O)cc(Nc1ccccc1)n2-c1ccccc1. The number of carbonyl (C=O) groups is 1. The maximum absolute atomic E-state index is 12.9. The molecule has 2 heterocycles. The fraction of sp³-hybridized carbons (Fsp3) is 0.160. The van der Waals surface area contributed by atoms with Crippen molar-refractivity contribution in [3.05, 3.63) is 94.9 Å². The third kappa shape index (κ3) is 4.01. The van der Waals surface area contributed by atoms with Crippen LogP contribution in [0.1, 0.15) is 30.8 Å². The first kappa shape index (κ1) is 19.6. The zero-order valence-corrected chi connectivity index (χ0v) is 17.0. The molecule has 30 heavy (non-hydrogen) atoms. The summed E-state index contributed by atoms with van der Waals surface area (Å²) >= 11 is 0. The topological polar surface area (TPSA) is 64.0 Å². The van der Waals surface area contributed by atoms with Gasteiger partial charge in [0.2, 0.25) is 0 Å². The standard InChI is InChI=1S/C25H23N3O2/c1-17(2)13-24(30)21-14-22-20(16-26-21)23(29)15-25(27-18-9-5-3-6-10-18)28(22)19-11-7-4-8-12-19/h3-12,14-17,27H,13H2,1-2H3. The molecule has 0 atom stereocenters. The molecule has 2 aromatic carbocycles. The summed E-state index contributed by atoms with van der Waals surface area (Å²) in [5, 5.41) is 3.81. The smallest absolute Gasteiger partial charge is 0.193 e. The van der Waals surface area contributed by atoms with Crippen LogP contribution >= 0.6 is 0 Å². The molecule has 1 N–H and O–H groups in total. The number of aromatic nitrogens is 2. The molecule has 2 aromatic heterocycles. The Morgan fingerprint density at radius 1 is 1.00 bits per heavy atom. The maximum atomic E-state index is 12.9. The fourth-order valence-electron chi connectivity index (χ4n) is 3.46. The number of fused-ring (bicyclic) bond motifs is 1. The van der Waals surface area contributed by atoms with Crippen LogP contribution < -0.4 is 10.7 Å². The van der Waals surface area contributed by atoms with Gasteiger partial charge < -0.3 is 5.32 Å². The lowest BCUT2D eigenvalue weighted by Gasteiger charge is -2.18. The second-order valence-corrected chi connectivity index (χ2v) is 7.66. The van der Waals surface area contributed by atoms with Gasteiger partial charge in [0.05, 0.1) is 10.9 Å². The van der Waals surface area contributed by atoms with Gasteiger partial charge in [0, 0.05) is 30.1 Å². The van der Waals surface area contributed by atoms with Gasteiger partial charge >= 0.3 is 0 Å². The molecule has 4 aromatic rings. The van der Waals surface area contributed by atoms with Gasteiger partial charge in [-0.3, -0.25) is 19.1 Å². The minimum atomic E-state index is -0.147. The first-order valence-corrected chi connectivity index (χ1v) is 9.99. The second-order valence-electron chi connectivity index (χ2n) is 7.66. The summed E-state index contributed by atoms with van der Waals surface area (Å²) in [5.74, 6) is 0.830. The zero-order valence-electron chi connectivity index (χ0n) is 17.0. The number of carbonyl (C=O) groups excluding carboxylic acids is 1. The van der Waals surface area contributed by atoms with Gasteiger partial charge in [0.15, 0.2) is 11.2 Å². The highest BCUT2D eigenvalue weighted by Gasteiger charge is 2.16. The summed E-state index contributed by atoms with van der Waals surface area (Å²) in [7, 11) is 0. The minimum absolute atomic E-state index is 0.0274. The Bertz CT molecular complexity index is 1250. The van der Waals surface area contributed by atoms with E-state index in [1.807, 2.05) is 79.1 Å². The number of ketones is 1. The molecule has 0 saturated carbocycles. The van der Waals surface area contributed by atoms with Crippen LogP contribution in [0.5, 0.6) is 0 Å². The predicted molar refractivity (Wildman–Crippen MR) is 121 cm³/mol. The van der Waals surface area contributed by atoms with Crippen molar-refractivity contribution in [3.63, 3.8) is 0 Å². The first-order valence-electron chi connectivity index (χ1n) is 9.99. The van der Waals surface area contributed by atoms with E-state index in [0.29, 0.717) is 28.8 Å². The van der Waals surface area contributed by atoms with E-state index >= 15 is 0 Å². The number of para-hydroxylation sites is 2. The lowest BCUT2D eigenvalue weighted by Crippen LogP contribution is -2.14. The molecule has 0 radical (unpaired) electrons. The molecule has 0 unspecified atom stereocenters. The number of benzene rings is 2. The Morgan fingerprint density at radius 3 is 2.33 bits per heavy atom. The van der Waals surface area contributed by atoms with Crippen molar-refractivity contribution in [1.82, 2.24) is 9.55 Å².